The van der Waals surface area contributed by atoms with Gasteiger partial charge >= 0.3 is 4.87 Å². The van der Waals surface area contributed by atoms with Crippen LogP contribution in [0.15, 0.2) is 47.3 Å². The highest BCUT2D eigenvalue weighted by Crippen LogP contribution is 2.22. The maximum Gasteiger partial charge on any atom is 0.308 e. The molecular formula is C18H18N2O3S. The lowest BCUT2D eigenvalue weighted by Gasteiger charge is -2.08. The second kappa shape index (κ2) is 6.88. The number of benzene rings is 2. The second-order valence-corrected chi connectivity index (χ2v) is 6.44. The fraction of sp³-hybridized carbons (Fsp3) is 0.222. The maximum atomic E-state index is 12.0. The molecule has 24 heavy (non-hydrogen) atoms. The number of hydrogen-bond acceptors (Lipinski definition) is 4. The number of rotatable bonds is 5. The van der Waals surface area contributed by atoms with E-state index < -0.39 is 0 Å². The van der Waals surface area contributed by atoms with Crippen LogP contribution in [-0.2, 0) is 11.3 Å². The van der Waals surface area contributed by atoms with Crippen LogP contribution in [0.5, 0.6) is 5.75 Å². The van der Waals surface area contributed by atoms with Gasteiger partial charge in [0, 0.05) is 12.2 Å². The standard InChI is InChI=1S/C18H18N2O3S/c1-3-20-15-8-7-13(10-16(15)24-18(20)22)19-17(21)11-23-14-6-4-5-12(2)9-14/h4-10H,3,11H2,1-2H3,(H,19,21). The third-order valence-corrected chi connectivity index (χ3v) is 4.57. The zero-order valence-electron chi connectivity index (χ0n) is 13.5. The molecule has 1 amide bonds. The van der Waals surface area contributed by atoms with E-state index in [1.165, 1.54) is 11.3 Å². The van der Waals surface area contributed by atoms with Crippen LogP contribution >= 0.6 is 11.3 Å². The highest BCUT2D eigenvalue weighted by Gasteiger charge is 2.09. The van der Waals surface area contributed by atoms with Gasteiger partial charge in [0.05, 0.1) is 10.2 Å². The molecule has 1 N–H and O–H groups in total. The molecule has 0 unspecified atom stereocenters. The molecule has 1 aromatic heterocycles. The van der Waals surface area contributed by atoms with Gasteiger partial charge in [0.15, 0.2) is 6.61 Å². The molecule has 0 spiro atoms. The lowest BCUT2D eigenvalue weighted by atomic mass is 10.2. The molecule has 0 saturated heterocycles. The first-order chi connectivity index (χ1) is 11.6. The highest BCUT2D eigenvalue weighted by molar-refractivity contribution is 7.16. The van der Waals surface area contributed by atoms with Crippen LogP contribution in [0.1, 0.15) is 12.5 Å². The zero-order chi connectivity index (χ0) is 17.1. The number of nitrogens with one attached hydrogen (secondary N) is 1. The van der Waals surface area contributed by atoms with Crippen molar-refractivity contribution < 1.29 is 9.53 Å². The fourth-order valence-corrected chi connectivity index (χ4v) is 3.49. The van der Waals surface area contributed by atoms with Crippen molar-refractivity contribution in [3.05, 3.63) is 57.7 Å². The Kier molecular flexibility index (Phi) is 4.66. The Hall–Kier alpha value is -2.60. The van der Waals surface area contributed by atoms with E-state index in [1.807, 2.05) is 50.2 Å². The molecule has 124 valence electrons. The Morgan fingerprint density at radius 3 is 2.83 bits per heavy atom. The first-order valence-corrected chi connectivity index (χ1v) is 8.51. The monoisotopic (exact) mass is 342 g/mol. The third-order valence-electron chi connectivity index (χ3n) is 3.63. The fourth-order valence-electron chi connectivity index (χ4n) is 2.49. The van der Waals surface area contributed by atoms with E-state index in [0.29, 0.717) is 18.0 Å². The molecule has 0 radical (unpaired) electrons. The Morgan fingerprint density at radius 1 is 1.25 bits per heavy atom. The summed E-state index contributed by atoms with van der Waals surface area (Å²) in [6, 6.07) is 13.0. The van der Waals surface area contributed by atoms with Crippen molar-refractivity contribution in [3.63, 3.8) is 0 Å². The number of carbonyl (C=O) groups is 1. The number of carbonyl (C=O) groups excluding carboxylic acids is 1. The van der Waals surface area contributed by atoms with Crippen molar-refractivity contribution in [3.8, 4) is 5.75 Å². The normalized spacial score (nSPS) is 10.8. The molecule has 1 heterocycles. The average molecular weight is 342 g/mol. The minimum Gasteiger partial charge on any atom is -0.484 e. The van der Waals surface area contributed by atoms with Crippen molar-refractivity contribution in [2.75, 3.05) is 11.9 Å². The van der Waals surface area contributed by atoms with E-state index in [-0.39, 0.29) is 17.4 Å². The predicted octanol–water partition coefficient (Wildman–Crippen LogP) is 3.41. The molecular weight excluding hydrogens is 324 g/mol. The summed E-state index contributed by atoms with van der Waals surface area (Å²) in [5, 5.41) is 2.80. The van der Waals surface area contributed by atoms with Gasteiger partial charge in [-0.05, 0) is 49.7 Å². The number of hydrogen-bond donors (Lipinski definition) is 1. The van der Waals surface area contributed by atoms with Crippen molar-refractivity contribution >= 4 is 33.1 Å². The summed E-state index contributed by atoms with van der Waals surface area (Å²) in [5.74, 6) is 0.428. The number of thiazole rings is 1. The molecule has 0 atom stereocenters. The van der Waals surface area contributed by atoms with Crippen molar-refractivity contribution in [2.24, 2.45) is 0 Å². The quantitative estimate of drug-likeness (QED) is 0.773. The lowest BCUT2D eigenvalue weighted by Crippen LogP contribution is -2.20. The minimum atomic E-state index is -0.238. The molecule has 0 bridgehead atoms. The molecule has 0 saturated carbocycles. The van der Waals surface area contributed by atoms with E-state index in [1.54, 1.807) is 10.6 Å². The molecule has 6 heteroatoms. The number of fused-ring (bicyclic) bond motifs is 1. The number of aryl methyl sites for hydroxylation is 2. The van der Waals surface area contributed by atoms with E-state index in [9.17, 15) is 9.59 Å². The van der Waals surface area contributed by atoms with Crippen LogP contribution in [0, 0.1) is 6.92 Å². The zero-order valence-corrected chi connectivity index (χ0v) is 14.4. The Morgan fingerprint density at radius 2 is 2.08 bits per heavy atom. The van der Waals surface area contributed by atoms with Crippen LogP contribution in [0.25, 0.3) is 10.2 Å². The summed E-state index contributed by atoms with van der Waals surface area (Å²) in [6.07, 6.45) is 0. The highest BCUT2D eigenvalue weighted by atomic mass is 32.1. The van der Waals surface area contributed by atoms with Gasteiger partial charge < -0.3 is 10.1 Å². The number of amides is 1. The number of aromatic nitrogens is 1. The van der Waals surface area contributed by atoms with Crippen molar-refractivity contribution in [1.29, 1.82) is 0 Å². The minimum absolute atomic E-state index is 0.0127. The summed E-state index contributed by atoms with van der Waals surface area (Å²) < 4.78 is 8.06. The Labute approximate surface area is 143 Å². The van der Waals surface area contributed by atoms with Crippen LogP contribution in [0.2, 0.25) is 0 Å². The van der Waals surface area contributed by atoms with Crippen LogP contribution in [-0.4, -0.2) is 17.1 Å². The van der Waals surface area contributed by atoms with Gasteiger partial charge in [0.2, 0.25) is 0 Å². The van der Waals surface area contributed by atoms with Gasteiger partial charge in [0.1, 0.15) is 5.75 Å². The van der Waals surface area contributed by atoms with Crippen LogP contribution in [0.4, 0.5) is 5.69 Å². The number of ether oxygens (including phenoxy) is 1. The van der Waals surface area contributed by atoms with E-state index in [2.05, 4.69) is 5.32 Å². The summed E-state index contributed by atoms with van der Waals surface area (Å²) in [7, 11) is 0. The Bertz CT molecular complexity index is 943. The molecule has 3 aromatic rings. The predicted molar refractivity (Wildman–Crippen MR) is 97.1 cm³/mol. The van der Waals surface area contributed by atoms with Gasteiger partial charge in [-0.3, -0.25) is 14.2 Å². The average Bonchev–Trinajstić information content (AvgIpc) is 2.87. The molecule has 3 rings (SSSR count). The van der Waals surface area contributed by atoms with E-state index in [4.69, 9.17) is 4.74 Å². The van der Waals surface area contributed by atoms with Crippen LogP contribution in [0.3, 0.4) is 0 Å². The summed E-state index contributed by atoms with van der Waals surface area (Å²) in [6.45, 7) is 4.48. The molecule has 5 nitrogen and oxygen atoms in total. The molecule has 0 fully saturated rings. The SMILES string of the molecule is CCn1c(=O)sc2cc(NC(=O)COc3cccc(C)c3)ccc21. The van der Waals surface area contributed by atoms with Crippen molar-refractivity contribution in [2.45, 2.75) is 20.4 Å². The molecule has 0 aliphatic heterocycles. The largest absolute Gasteiger partial charge is 0.484 e. The smallest absolute Gasteiger partial charge is 0.308 e. The third kappa shape index (κ3) is 3.49. The summed E-state index contributed by atoms with van der Waals surface area (Å²) >= 11 is 1.18. The van der Waals surface area contributed by atoms with Gasteiger partial charge in [0.25, 0.3) is 5.91 Å². The first-order valence-electron chi connectivity index (χ1n) is 7.69. The number of anilines is 1. The lowest BCUT2D eigenvalue weighted by molar-refractivity contribution is -0.118. The molecule has 0 aliphatic carbocycles. The van der Waals surface area contributed by atoms with Gasteiger partial charge in [-0.1, -0.05) is 23.5 Å². The summed E-state index contributed by atoms with van der Waals surface area (Å²) in [4.78, 5) is 23.9. The first kappa shape index (κ1) is 16.3. The topological polar surface area (TPSA) is 60.3 Å². The van der Waals surface area contributed by atoms with Gasteiger partial charge in [-0.25, -0.2) is 0 Å². The van der Waals surface area contributed by atoms with Gasteiger partial charge in [-0.15, -0.1) is 0 Å². The van der Waals surface area contributed by atoms with Crippen LogP contribution < -0.4 is 14.9 Å². The summed E-state index contributed by atoms with van der Waals surface area (Å²) in [5.41, 5.74) is 2.63. The molecule has 2 aromatic carbocycles. The van der Waals surface area contributed by atoms with E-state index >= 15 is 0 Å². The van der Waals surface area contributed by atoms with E-state index in [0.717, 1.165) is 15.8 Å². The van der Waals surface area contributed by atoms with Gasteiger partial charge in [-0.2, -0.15) is 0 Å². The van der Waals surface area contributed by atoms with Crippen molar-refractivity contribution in [1.82, 2.24) is 4.57 Å². The second-order valence-electron chi connectivity index (χ2n) is 5.45. The number of nitrogens with zero attached hydrogens (tertiary/aromatic N) is 1. The Balaban J connectivity index is 1.68. The maximum absolute atomic E-state index is 12.0. The molecule has 0 aliphatic rings.